The first-order chi connectivity index (χ1) is 31.0. The Morgan fingerprint density at radius 3 is 1.08 bits per heavy atom. The summed E-state index contributed by atoms with van der Waals surface area (Å²) in [5.41, 5.74) is 0. The zero-order chi connectivity index (χ0) is 45.8. The summed E-state index contributed by atoms with van der Waals surface area (Å²) >= 11 is 0. The second-order valence-electron chi connectivity index (χ2n) is 19.6. The molecule has 1 amide bonds. The number of ether oxygens (including phenoxy) is 1. The minimum Gasteiger partial charge on any atom is -0.466 e. The Balaban J connectivity index is 3.46. The third-order valence-corrected chi connectivity index (χ3v) is 13.3. The van der Waals surface area contributed by atoms with Crippen molar-refractivity contribution in [1.29, 1.82) is 0 Å². The monoisotopic (exact) mass is 890 g/mol. The largest absolute Gasteiger partial charge is 0.466 e. The predicted octanol–water partition coefficient (Wildman–Crippen LogP) is 17.3. The van der Waals surface area contributed by atoms with E-state index in [1.54, 1.807) is 6.08 Å². The molecule has 0 aromatic carbocycles. The highest BCUT2D eigenvalue weighted by Gasteiger charge is 2.18. The third-order valence-electron chi connectivity index (χ3n) is 13.3. The van der Waals surface area contributed by atoms with Crippen LogP contribution >= 0.6 is 0 Å². The van der Waals surface area contributed by atoms with Crippen molar-refractivity contribution in [3.63, 3.8) is 0 Å². The molecular weight excluding hydrogens is 779 g/mol. The molecular formula is C57H111NO5. The summed E-state index contributed by atoms with van der Waals surface area (Å²) < 4.78 is 5.48. The summed E-state index contributed by atoms with van der Waals surface area (Å²) in [5.74, 6) is -0.0809. The fraction of sp³-hybridized carbons (Fsp3) is 0.930. The zero-order valence-electron chi connectivity index (χ0n) is 42.6. The summed E-state index contributed by atoms with van der Waals surface area (Å²) in [6.45, 7) is 4.90. The Bertz CT molecular complexity index is 939. The Hall–Kier alpha value is -1.40. The van der Waals surface area contributed by atoms with E-state index >= 15 is 0 Å². The fourth-order valence-corrected chi connectivity index (χ4v) is 8.93. The number of carbonyl (C=O) groups is 2. The Kier molecular flexibility index (Phi) is 52.0. The van der Waals surface area contributed by atoms with Crippen molar-refractivity contribution >= 4 is 11.9 Å². The summed E-state index contributed by atoms with van der Waals surface area (Å²) in [5, 5.41) is 23.1. The first-order valence-corrected chi connectivity index (χ1v) is 28.5. The number of allylic oxidation sites excluding steroid dienone is 1. The van der Waals surface area contributed by atoms with Gasteiger partial charge in [0, 0.05) is 12.8 Å². The highest BCUT2D eigenvalue weighted by molar-refractivity contribution is 5.76. The molecule has 0 aliphatic carbocycles. The van der Waals surface area contributed by atoms with Gasteiger partial charge in [-0.25, -0.2) is 0 Å². The van der Waals surface area contributed by atoms with Gasteiger partial charge in [-0.1, -0.05) is 283 Å². The highest BCUT2D eigenvalue weighted by Crippen LogP contribution is 2.17. The van der Waals surface area contributed by atoms with E-state index in [1.807, 2.05) is 6.08 Å². The summed E-state index contributed by atoms with van der Waals surface area (Å²) in [6, 6.07) is -0.636. The second kappa shape index (κ2) is 53.2. The number of carbonyl (C=O) groups excluding carboxylic acids is 2. The Morgan fingerprint density at radius 2 is 0.730 bits per heavy atom. The summed E-state index contributed by atoms with van der Waals surface area (Å²) in [7, 11) is 0. The molecule has 0 radical (unpaired) electrons. The van der Waals surface area contributed by atoms with Crippen molar-refractivity contribution in [2.75, 3.05) is 13.2 Å². The number of aliphatic hydroxyl groups excluding tert-OH is 2. The lowest BCUT2D eigenvalue weighted by atomic mass is 10.0. The van der Waals surface area contributed by atoms with Crippen molar-refractivity contribution in [2.45, 2.75) is 328 Å². The van der Waals surface area contributed by atoms with E-state index < -0.39 is 12.1 Å². The lowest BCUT2D eigenvalue weighted by Crippen LogP contribution is -2.45. The van der Waals surface area contributed by atoms with Gasteiger partial charge in [0.05, 0.1) is 25.4 Å². The molecule has 2 unspecified atom stereocenters. The van der Waals surface area contributed by atoms with Crippen molar-refractivity contribution < 1.29 is 24.5 Å². The Labute approximate surface area is 393 Å². The molecule has 2 atom stereocenters. The van der Waals surface area contributed by atoms with Crippen LogP contribution in [0.4, 0.5) is 0 Å². The average molecular weight is 891 g/mol. The van der Waals surface area contributed by atoms with Crippen LogP contribution in [0.3, 0.4) is 0 Å². The van der Waals surface area contributed by atoms with Crippen LogP contribution in [0.1, 0.15) is 316 Å². The molecule has 0 aromatic rings. The number of amides is 1. The van der Waals surface area contributed by atoms with E-state index in [0.717, 1.165) is 57.8 Å². The first-order valence-electron chi connectivity index (χ1n) is 28.5. The van der Waals surface area contributed by atoms with E-state index in [1.165, 1.54) is 231 Å². The van der Waals surface area contributed by atoms with E-state index in [0.29, 0.717) is 19.4 Å². The molecule has 0 spiro atoms. The maximum atomic E-state index is 12.5. The molecule has 0 aromatic heterocycles. The van der Waals surface area contributed by atoms with E-state index in [9.17, 15) is 19.8 Å². The fourth-order valence-electron chi connectivity index (χ4n) is 8.93. The minimum absolute atomic E-state index is 0.00282. The minimum atomic E-state index is -0.852. The normalized spacial score (nSPS) is 12.6. The molecule has 6 nitrogen and oxygen atoms in total. The van der Waals surface area contributed by atoms with Crippen LogP contribution in [0.5, 0.6) is 0 Å². The van der Waals surface area contributed by atoms with Gasteiger partial charge >= 0.3 is 5.97 Å². The number of nitrogens with one attached hydrogen (secondary N) is 1. The van der Waals surface area contributed by atoms with Crippen molar-refractivity contribution in [3.8, 4) is 0 Å². The molecule has 0 fully saturated rings. The summed E-state index contributed by atoms with van der Waals surface area (Å²) in [6.07, 6.45) is 62.2. The predicted molar refractivity (Wildman–Crippen MR) is 273 cm³/mol. The second-order valence-corrected chi connectivity index (χ2v) is 19.6. The number of rotatable bonds is 53. The van der Waals surface area contributed by atoms with Crippen molar-refractivity contribution in [3.05, 3.63) is 12.2 Å². The van der Waals surface area contributed by atoms with Crippen LogP contribution in [0.15, 0.2) is 12.2 Å². The van der Waals surface area contributed by atoms with Gasteiger partial charge < -0.3 is 20.3 Å². The molecule has 3 N–H and O–H groups in total. The maximum absolute atomic E-state index is 12.5. The molecule has 374 valence electrons. The van der Waals surface area contributed by atoms with E-state index in [2.05, 4.69) is 19.2 Å². The van der Waals surface area contributed by atoms with Gasteiger partial charge in [-0.2, -0.15) is 0 Å². The maximum Gasteiger partial charge on any atom is 0.305 e. The van der Waals surface area contributed by atoms with Crippen LogP contribution in [0.2, 0.25) is 0 Å². The molecule has 0 saturated carbocycles. The molecule has 0 rings (SSSR count). The average Bonchev–Trinajstić information content (AvgIpc) is 3.28. The number of unbranched alkanes of at least 4 members (excludes halogenated alkanes) is 42. The highest BCUT2D eigenvalue weighted by atomic mass is 16.5. The van der Waals surface area contributed by atoms with Crippen LogP contribution < -0.4 is 5.32 Å². The van der Waals surface area contributed by atoms with Gasteiger partial charge in [-0.05, 0) is 32.1 Å². The van der Waals surface area contributed by atoms with E-state index in [-0.39, 0.29) is 18.5 Å². The molecule has 0 saturated heterocycles. The number of aliphatic hydroxyl groups is 2. The number of esters is 1. The summed E-state index contributed by atoms with van der Waals surface area (Å²) in [4.78, 5) is 24.5. The molecule has 63 heavy (non-hydrogen) atoms. The lowest BCUT2D eigenvalue weighted by molar-refractivity contribution is -0.143. The van der Waals surface area contributed by atoms with E-state index in [4.69, 9.17) is 4.74 Å². The van der Waals surface area contributed by atoms with Gasteiger partial charge in [0.15, 0.2) is 0 Å². The molecule has 0 heterocycles. The lowest BCUT2D eigenvalue weighted by Gasteiger charge is -2.20. The van der Waals surface area contributed by atoms with Gasteiger partial charge in [0.25, 0.3) is 0 Å². The molecule has 0 aliphatic rings. The van der Waals surface area contributed by atoms with Crippen molar-refractivity contribution in [1.82, 2.24) is 5.32 Å². The molecule has 6 heteroatoms. The standard InChI is InChI=1S/C57H111NO5/c1-3-5-7-9-11-13-15-17-19-21-22-25-29-33-37-41-45-49-55(60)54(53-59)58-56(61)50-46-42-38-34-30-26-24-28-32-36-40-44-48-52-63-57(62)51-47-43-39-35-31-27-23-20-18-16-14-12-10-8-6-4-2/h45,49,54-55,59-60H,3-44,46-48,50-53H2,1-2H3,(H,58,61)/b49-45+. The third kappa shape index (κ3) is 49.9. The SMILES string of the molecule is CCCCCCCCCCCCCCCCC/C=C/C(O)C(CO)NC(=O)CCCCCCCCCCCCCCCOC(=O)CCCCCCCCCCCCCCCCCC. The van der Waals surface area contributed by atoms with Gasteiger partial charge in [-0.3, -0.25) is 9.59 Å². The van der Waals surface area contributed by atoms with Crippen LogP contribution in [-0.4, -0.2) is 47.4 Å². The van der Waals surface area contributed by atoms with Crippen LogP contribution in [-0.2, 0) is 14.3 Å². The van der Waals surface area contributed by atoms with Gasteiger partial charge in [0.1, 0.15) is 0 Å². The van der Waals surface area contributed by atoms with Crippen LogP contribution in [0, 0.1) is 0 Å². The van der Waals surface area contributed by atoms with Crippen LogP contribution in [0.25, 0.3) is 0 Å². The molecule has 0 aliphatic heterocycles. The molecule has 0 bridgehead atoms. The van der Waals surface area contributed by atoms with Gasteiger partial charge in [0.2, 0.25) is 5.91 Å². The topological polar surface area (TPSA) is 95.9 Å². The Morgan fingerprint density at radius 1 is 0.429 bits per heavy atom. The zero-order valence-corrected chi connectivity index (χ0v) is 42.6. The number of hydrogen-bond donors (Lipinski definition) is 3. The first kappa shape index (κ1) is 61.6. The van der Waals surface area contributed by atoms with Gasteiger partial charge in [-0.15, -0.1) is 0 Å². The smallest absolute Gasteiger partial charge is 0.305 e. The quantitative estimate of drug-likeness (QED) is 0.0321. The number of hydrogen-bond acceptors (Lipinski definition) is 5. The van der Waals surface area contributed by atoms with Crippen molar-refractivity contribution in [2.24, 2.45) is 0 Å².